The third-order valence-corrected chi connectivity index (χ3v) is 5.06. The average molecular weight is 441 g/mol. The monoisotopic (exact) mass is 440 g/mol. The van der Waals surface area contributed by atoms with Crippen LogP contribution in [0.15, 0.2) is 53.0 Å². The first kappa shape index (κ1) is 19.4. The van der Waals surface area contributed by atoms with Gasteiger partial charge in [-0.25, -0.2) is 0 Å². The van der Waals surface area contributed by atoms with E-state index < -0.39 is 17.7 Å². The van der Waals surface area contributed by atoms with Gasteiger partial charge in [-0.2, -0.15) is 13.2 Å². The Labute approximate surface area is 162 Å². The summed E-state index contributed by atoms with van der Waals surface area (Å²) in [6.07, 6.45) is -4.29. The molecule has 1 fully saturated rings. The average Bonchev–Trinajstić information content (AvgIpc) is 3.01. The fourth-order valence-corrected chi connectivity index (χ4v) is 3.43. The van der Waals surface area contributed by atoms with Crippen LogP contribution >= 0.6 is 15.9 Å². The summed E-state index contributed by atoms with van der Waals surface area (Å²) in [4.78, 5) is 26.2. The van der Waals surface area contributed by atoms with Crippen molar-refractivity contribution in [1.82, 2.24) is 5.32 Å². The Bertz CT molecular complexity index is 853. The lowest BCUT2D eigenvalue weighted by Crippen LogP contribution is -2.32. The van der Waals surface area contributed by atoms with Crippen molar-refractivity contribution in [3.63, 3.8) is 0 Å². The highest BCUT2D eigenvalue weighted by Gasteiger charge is 2.35. The molecule has 2 aromatic rings. The van der Waals surface area contributed by atoms with Crippen molar-refractivity contribution in [2.24, 2.45) is 5.92 Å². The number of para-hydroxylation sites is 1. The van der Waals surface area contributed by atoms with Gasteiger partial charge in [0, 0.05) is 24.0 Å². The number of alkyl halides is 3. The van der Waals surface area contributed by atoms with Crippen LogP contribution in [0.4, 0.5) is 18.9 Å². The van der Waals surface area contributed by atoms with E-state index in [1.165, 1.54) is 12.1 Å². The maximum absolute atomic E-state index is 12.6. The molecule has 0 bridgehead atoms. The number of hydrogen-bond acceptors (Lipinski definition) is 2. The molecule has 2 aromatic carbocycles. The minimum atomic E-state index is -4.39. The summed E-state index contributed by atoms with van der Waals surface area (Å²) in [7, 11) is 0. The number of hydrogen-bond donors (Lipinski definition) is 1. The van der Waals surface area contributed by atoms with Crippen LogP contribution in [0, 0.1) is 5.92 Å². The van der Waals surface area contributed by atoms with E-state index in [0.717, 1.165) is 16.6 Å². The maximum Gasteiger partial charge on any atom is 0.416 e. The van der Waals surface area contributed by atoms with E-state index >= 15 is 0 Å². The molecule has 0 aliphatic carbocycles. The van der Waals surface area contributed by atoms with Gasteiger partial charge in [0.15, 0.2) is 0 Å². The van der Waals surface area contributed by atoms with E-state index in [0.29, 0.717) is 11.3 Å². The van der Waals surface area contributed by atoms with Gasteiger partial charge in [-0.05, 0) is 45.8 Å². The van der Waals surface area contributed by atoms with E-state index in [1.54, 1.807) is 11.0 Å². The van der Waals surface area contributed by atoms with Crippen LogP contribution in [0.5, 0.6) is 0 Å². The normalized spacial score (nSPS) is 17.3. The molecular formula is C19H16BrF3N2O2. The Morgan fingerprint density at radius 2 is 1.81 bits per heavy atom. The first-order valence-corrected chi connectivity index (χ1v) is 9.04. The number of amides is 2. The highest BCUT2D eigenvalue weighted by Crippen LogP contribution is 2.31. The number of rotatable bonds is 4. The van der Waals surface area contributed by atoms with Crippen LogP contribution in [-0.4, -0.2) is 18.4 Å². The lowest BCUT2D eigenvalue weighted by atomic mass is 10.1. The summed E-state index contributed by atoms with van der Waals surface area (Å²) in [6, 6.07) is 11.9. The largest absolute Gasteiger partial charge is 0.416 e. The van der Waals surface area contributed by atoms with Crippen LogP contribution in [0.2, 0.25) is 0 Å². The highest BCUT2D eigenvalue weighted by atomic mass is 79.9. The van der Waals surface area contributed by atoms with Gasteiger partial charge in [-0.3, -0.25) is 9.59 Å². The van der Waals surface area contributed by atoms with Crippen molar-refractivity contribution in [3.05, 3.63) is 64.1 Å². The van der Waals surface area contributed by atoms with Crippen molar-refractivity contribution >= 4 is 33.4 Å². The Morgan fingerprint density at radius 3 is 2.44 bits per heavy atom. The topological polar surface area (TPSA) is 49.4 Å². The summed E-state index contributed by atoms with van der Waals surface area (Å²) in [5.74, 6) is -0.937. The Kier molecular flexibility index (Phi) is 5.55. The molecule has 1 N–H and O–H groups in total. The summed E-state index contributed by atoms with van der Waals surface area (Å²) in [5, 5.41) is 2.70. The molecule has 0 unspecified atom stereocenters. The van der Waals surface area contributed by atoms with Crippen LogP contribution in [-0.2, 0) is 22.3 Å². The Morgan fingerprint density at radius 1 is 1.15 bits per heavy atom. The Hall–Kier alpha value is -2.35. The number of nitrogens with one attached hydrogen (secondary N) is 1. The molecule has 0 aromatic heterocycles. The van der Waals surface area contributed by atoms with Gasteiger partial charge < -0.3 is 10.2 Å². The Balaban J connectivity index is 1.59. The number of anilines is 1. The number of nitrogens with zero attached hydrogens (tertiary/aromatic N) is 1. The van der Waals surface area contributed by atoms with Crippen LogP contribution in [0.1, 0.15) is 17.5 Å². The summed E-state index contributed by atoms with van der Waals surface area (Å²) in [6.45, 7) is 0.372. The van der Waals surface area contributed by atoms with Crippen molar-refractivity contribution < 1.29 is 22.8 Å². The molecule has 3 rings (SSSR count). The zero-order chi connectivity index (χ0) is 19.6. The number of carbonyl (C=O) groups is 2. The maximum atomic E-state index is 12.6. The SMILES string of the molecule is O=C(NCc1ccc(C(F)(F)F)cc1)[C@@H]1CC(=O)N(c2ccccc2Br)C1. The van der Waals surface area contributed by atoms with Gasteiger partial charge >= 0.3 is 6.18 Å². The molecular weight excluding hydrogens is 425 g/mol. The molecule has 2 amide bonds. The fourth-order valence-electron chi connectivity index (χ4n) is 2.93. The van der Waals surface area contributed by atoms with Crippen LogP contribution in [0.3, 0.4) is 0 Å². The molecule has 1 heterocycles. The molecule has 1 aliphatic heterocycles. The third kappa shape index (κ3) is 4.50. The van der Waals surface area contributed by atoms with Gasteiger partial charge in [0.2, 0.25) is 11.8 Å². The standard InChI is InChI=1S/C19H16BrF3N2O2/c20-15-3-1-2-4-16(15)25-11-13(9-17(25)26)18(27)24-10-12-5-7-14(8-6-12)19(21,22)23/h1-8,13H,9-11H2,(H,24,27)/t13-/m1/s1. The second kappa shape index (κ2) is 7.72. The van der Waals surface area contributed by atoms with Gasteiger partial charge in [0.05, 0.1) is 17.2 Å². The van der Waals surface area contributed by atoms with Crippen molar-refractivity contribution in [2.75, 3.05) is 11.4 Å². The number of benzene rings is 2. The lowest BCUT2D eigenvalue weighted by molar-refractivity contribution is -0.137. The smallest absolute Gasteiger partial charge is 0.352 e. The predicted molar refractivity (Wildman–Crippen MR) is 97.9 cm³/mol. The molecule has 1 aliphatic rings. The molecule has 1 saturated heterocycles. The second-order valence-electron chi connectivity index (χ2n) is 6.27. The van der Waals surface area contributed by atoms with Crippen LogP contribution in [0.25, 0.3) is 0 Å². The summed E-state index contributed by atoms with van der Waals surface area (Å²) >= 11 is 3.40. The lowest BCUT2D eigenvalue weighted by Gasteiger charge is -2.18. The van der Waals surface area contributed by atoms with Crippen molar-refractivity contribution in [1.29, 1.82) is 0 Å². The van der Waals surface area contributed by atoms with Gasteiger partial charge in [-0.15, -0.1) is 0 Å². The minimum Gasteiger partial charge on any atom is -0.352 e. The van der Waals surface area contributed by atoms with E-state index in [-0.39, 0.29) is 31.3 Å². The summed E-state index contributed by atoms with van der Waals surface area (Å²) < 4.78 is 38.5. The van der Waals surface area contributed by atoms with Gasteiger partial charge in [0.1, 0.15) is 0 Å². The molecule has 0 spiro atoms. The second-order valence-corrected chi connectivity index (χ2v) is 7.12. The van der Waals surface area contributed by atoms with Crippen molar-refractivity contribution in [3.8, 4) is 0 Å². The first-order valence-electron chi connectivity index (χ1n) is 8.24. The third-order valence-electron chi connectivity index (χ3n) is 4.39. The molecule has 142 valence electrons. The number of carbonyl (C=O) groups excluding carboxylic acids is 2. The van der Waals surface area contributed by atoms with Gasteiger partial charge in [0.25, 0.3) is 0 Å². The molecule has 27 heavy (non-hydrogen) atoms. The minimum absolute atomic E-state index is 0.0974. The first-order chi connectivity index (χ1) is 12.8. The molecule has 0 radical (unpaired) electrons. The number of halogens is 4. The molecule has 4 nitrogen and oxygen atoms in total. The molecule has 0 saturated carbocycles. The zero-order valence-corrected chi connectivity index (χ0v) is 15.7. The highest BCUT2D eigenvalue weighted by molar-refractivity contribution is 9.10. The van der Waals surface area contributed by atoms with Gasteiger partial charge in [-0.1, -0.05) is 24.3 Å². The van der Waals surface area contributed by atoms with E-state index in [9.17, 15) is 22.8 Å². The summed E-state index contributed by atoms with van der Waals surface area (Å²) in [5.41, 5.74) is 0.534. The molecule has 1 atom stereocenters. The zero-order valence-electron chi connectivity index (χ0n) is 14.1. The fraction of sp³-hybridized carbons (Fsp3) is 0.263. The quantitative estimate of drug-likeness (QED) is 0.776. The molecule has 8 heteroatoms. The van der Waals surface area contributed by atoms with E-state index in [1.807, 2.05) is 18.2 Å². The van der Waals surface area contributed by atoms with E-state index in [2.05, 4.69) is 21.2 Å². The van der Waals surface area contributed by atoms with E-state index in [4.69, 9.17) is 0 Å². The van der Waals surface area contributed by atoms with Crippen molar-refractivity contribution in [2.45, 2.75) is 19.1 Å². The predicted octanol–water partition coefficient (Wildman–Crippen LogP) is 4.14. The van der Waals surface area contributed by atoms with Crippen LogP contribution < -0.4 is 10.2 Å².